The lowest BCUT2D eigenvalue weighted by Crippen LogP contribution is -2.19. The lowest BCUT2D eigenvalue weighted by atomic mass is 10.2. The van der Waals surface area contributed by atoms with Gasteiger partial charge < -0.3 is 0 Å². The molecule has 6 nitrogen and oxygen atoms in total. The maximum absolute atomic E-state index is 11.7. The molecule has 1 aliphatic heterocycles. The molecule has 0 bridgehead atoms. The number of hydrogen-bond acceptors (Lipinski definition) is 5. The number of hydrogen-bond donors (Lipinski definition) is 1. The molecule has 0 aromatic heterocycles. The molecule has 0 radical (unpaired) electrons. The first-order valence-electron chi connectivity index (χ1n) is 5.35. The molecule has 1 N–H and O–H groups in total. The van der Waals surface area contributed by atoms with Crippen LogP contribution in [0.5, 0.6) is 0 Å². The summed E-state index contributed by atoms with van der Waals surface area (Å²) in [6.45, 7) is 0. The van der Waals surface area contributed by atoms with Crippen LogP contribution in [0.2, 0.25) is 0 Å². The fourth-order valence-corrected chi connectivity index (χ4v) is 2.46. The maximum atomic E-state index is 11.7. The summed E-state index contributed by atoms with van der Waals surface area (Å²) < 4.78 is 0. The first kappa shape index (κ1) is 12.6. The van der Waals surface area contributed by atoms with E-state index in [2.05, 4.69) is 10.5 Å². The van der Waals surface area contributed by atoms with Crippen molar-refractivity contribution in [1.29, 1.82) is 0 Å². The predicted octanol–water partition coefficient (Wildman–Crippen LogP) is 1.82. The van der Waals surface area contributed by atoms with E-state index in [-0.39, 0.29) is 11.3 Å². The van der Waals surface area contributed by atoms with Gasteiger partial charge in [-0.25, -0.2) is 5.43 Å². The third-order valence-electron chi connectivity index (χ3n) is 2.44. The van der Waals surface area contributed by atoms with E-state index in [1.807, 2.05) is 0 Å². The van der Waals surface area contributed by atoms with E-state index in [4.69, 9.17) is 0 Å². The molecular weight excluding hydrogens is 254 g/mol. The number of benzene rings is 1. The number of nitro groups is 1. The zero-order chi connectivity index (χ0) is 13.0. The van der Waals surface area contributed by atoms with Crippen molar-refractivity contribution in [2.75, 3.05) is 11.5 Å². The minimum atomic E-state index is -0.531. The van der Waals surface area contributed by atoms with Gasteiger partial charge in [-0.3, -0.25) is 14.9 Å². The zero-order valence-electron chi connectivity index (χ0n) is 9.46. The molecule has 0 atom stereocenters. The largest absolute Gasteiger partial charge is 0.271 e. The molecule has 1 aliphatic rings. The van der Waals surface area contributed by atoms with Crippen molar-refractivity contribution in [2.45, 2.75) is 6.42 Å². The summed E-state index contributed by atoms with van der Waals surface area (Å²) in [4.78, 5) is 21.8. The van der Waals surface area contributed by atoms with E-state index in [1.165, 1.54) is 24.3 Å². The zero-order valence-corrected chi connectivity index (χ0v) is 10.3. The van der Waals surface area contributed by atoms with E-state index in [9.17, 15) is 14.9 Å². The summed E-state index contributed by atoms with van der Waals surface area (Å²) in [5.74, 6) is 1.42. The number of thioether (sulfide) groups is 1. The van der Waals surface area contributed by atoms with E-state index in [1.54, 1.807) is 11.8 Å². The number of nitro benzene ring substituents is 1. The molecule has 7 heteroatoms. The highest BCUT2D eigenvalue weighted by molar-refractivity contribution is 8.00. The average molecular weight is 265 g/mol. The molecule has 1 aromatic rings. The van der Waals surface area contributed by atoms with Gasteiger partial charge in [0.2, 0.25) is 0 Å². The van der Waals surface area contributed by atoms with Crippen LogP contribution in [0.4, 0.5) is 5.69 Å². The molecule has 2 rings (SSSR count). The summed E-state index contributed by atoms with van der Waals surface area (Å²) in [6, 6.07) is 5.58. The fourth-order valence-electron chi connectivity index (χ4n) is 1.50. The van der Waals surface area contributed by atoms with Gasteiger partial charge in [0.15, 0.2) is 0 Å². The number of carbonyl (C=O) groups is 1. The van der Waals surface area contributed by atoms with Gasteiger partial charge in [0.05, 0.1) is 4.92 Å². The van der Waals surface area contributed by atoms with Crippen LogP contribution >= 0.6 is 11.8 Å². The summed E-state index contributed by atoms with van der Waals surface area (Å²) in [7, 11) is 0. The van der Waals surface area contributed by atoms with Gasteiger partial charge in [-0.1, -0.05) is 6.07 Å². The highest BCUT2D eigenvalue weighted by Crippen LogP contribution is 2.15. The molecule has 0 unspecified atom stereocenters. The van der Waals surface area contributed by atoms with Crippen LogP contribution in [-0.4, -0.2) is 28.0 Å². The molecule has 94 valence electrons. The van der Waals surface area contributed by atoms with Crippen molar-refractivity contribution in [3.63, 3.8) is 0 Å². The first-order valence-corrected chi connectivity index (χ1v) is 6.50. The van der Waals surface area contributed by atoms with Crippen LogP contribution in [0.25, 0.3) is 0 Å². The molecule has 1 fully saturated rings. The SMILES string of the molecule is O=C(N/N=C1\CCSC1)c1cccc([N+](=O)[O-])c1. The highest BCUT2D eigenvalue weighted by Gasteiger charge is 2.12. The predicted molar refractivity (Wildman–Crippen MR) is 69.9 cm³/mol. The minimum Gasteiger partial charge on any atom is -0.267 e. The number of nitrogens with one attached hydrogen (secondary N) is 1. The number of hydrazone groups is 1. The lowest BCUT2D eigenvalue weighted by molar-refractivity contribution is -0.384. The number of rotatable bonds is 3. The van der Waals surface area contributed by atoms with Crippen molar-refractivity contribution in [1.82, 2.24) is 5.43 Å². The molecule has 18 heavy (non-hydrogen) atoms. The van der Waals surface area contributed by atoms with Gasteiger partial charge in [-0.05, 0) is 18.2 Å². The van der Waals surface area contributed by atoms with Gasteiger partial charge in [0, 0.05) is 29.2 Å². The van der Waals surface area contributed by atoms with Gasteiger partial charge in [0.25, 0.3) is 11.6 Å². The average Bonchev–Trinajstić information content (AvgIpc) is 2.89. The van der Waals surface area contributed by atoms with Gasteiger partial charge >= 0.3 is 0 Å². The molecule has 0 saturated carbocycles. The Hall–Kier alpha value is -1.89. The van der Waals surface area contributed by atoms with Crippen LogP contribution in [0.3, 0.4) is 0 Å². The Labute approximate surface area is 108 Å². The normalized spacial score (nSPS) is 16.8. The number of nitrogens with zero attached hydrogens (tertiary/aromatic N) is 2. The topological polar surface area (TPSA) is 84.6 Å². The lowest BCUT2D eigenvalue weighted by Gasteiger charge is -2.01. The summed E-state index contributed by atoms with van der Waals surface area (Å²) >= 11 is 1.76. The Morgan fingerprint density at radius 2 is 2.33 bits per heavy atom. The van der Waals surface area contributed by atoms with Crippen molar-refractivity contribution in [3.8, 4) is 0 Å². The first-order chi connectivity index (χ1) is 8.66. The third-order valence-corrected chi connectivity index (χ3v) is 3.47. The van der Waals surface area contributed by atoms with E-state index >= 15 is 0 Å². The molecule has 0 aliphatic carbocycles. The van der Waals surface area contributed by atoms with Crippen molar-refractivity contribution < 1.29 is 9.72 Å². The van der Waals surface area contributed by atoms with Crippen LogP contribution in [-0.2, 0) is 0 Å². The van der Waals surface area contributed by atoms with Crippen LogP contribution in [0.15, 0.2) is 29.4 Å². The molecular formula is C11H11N3O3S. The number of non-ortho nitro benzene ring substituents is 1. The smallest absolute Gasteiger partial charge is 0.267 e. The Bertz CT molecular complexity index is 508. The van der Waals surface area contributed by atoms with E-state index in [0.29, 0.717) is 0 Å². The van der Waals surface area contributed by atoms with Crippen LogP contribution < -0.4 is 5.43 Å². The second kappa shape index (κ2) is 5.63. The molecule has 1 saturated heterocycles. The Kier molecular flexibility index (Phi) is 3.93. The quantitative estimate of drug-likeness (QED) is 0.667. The maximum Gasteiger partial charge on any atom is 0.271 e. The Balaban J connectivity index is 2.06. The fraction of sp³-hybridized carbons (Fsp3) is 0.273. The van der Waals surface area contributed by atoms with Crippen LogP contribution in [0.1, 0.15) is 16.8 Å². The van der Waals surface area contributed by atoms with Crippen molar-refractivity contribution in [3.05, 3.63) is 39.9 Å². The Morgan fingerprint density at radius 3 is 3.00 bits per heavy atom. The van der Waals surface area contributed by atoms with E-state index in [0.717, 1.165) is 23.6 Å². The molecule has 0 spiro atoms. The molecule has 1 heterocycles. The monoisotopic (exact) mass is 265 g/mol. The molecule has 1 aromatic carbocycles. The highest BCUT2D eigenvalue weighted by atomic mass is 32.2. The minimum absolute atomic E-state index is 0.105. The standard InChI is InChI=1S/C11H11N3O3S/c15-11(13-12-9-4-5-18-7-9)8-2-1-3-10(6-8)14(16)17/h1-3,6H,4-5,7H2,(H,13,15)/b12-9+. The van der Waals surface area contributed by atoms with Crippen molar-refractivity contribution >= 4 is 29.1 Å². The van der Waals surface area contributed by atoms with Crippen molar-refractivity contribution in [2.24, 2.45) is 5.10 Å². The number of carbonyl (C=O) groups excluding carboxylic acids is 1. The third kappa shape index (κ3) is 3.07. The summed E-state index contributed by atoms with van der Waals surface area (Å²) in [6.07, 6.45) is 0.875. The summed E-state index contributed by atoms with van der Waals surface area (Å²) in [5.41, 5.74) is 3.49. The van der Waals surface area contributed by atoms with Gasteiger partial charge in [-0.2, -0.15) is 16.9 Å². The second-order valence-corrected chi connectivity index (χ2v) is 4.83. The van der Waals surface area contributed by atoms with Crippen LogP contribution in [0, 0.1) is 10.1 Å². The Morgan fingerprint density at radius 1 is 1.50 bits per heavy atom. The van der Waals surface area contributed by atoms with Gasteiger partial charge in [-0.15, -0.1) is 0 Å². The van der Waals surface area contributed by atoms with Gasteiger partial charge in [0.1, 0.15) is 0 Å². The second-order valence-electron chi connectivity index (χ2n) is 3.73. The summed E-state index contributed by atoms with van der Waals surface area (Å²) in [5, 5.41) is 14.6. The number of amides is 1. The van der Waals surface area contributed by atoms with E-state index < -0.39 is 10.8 Å². The molecule has 1 amide bonds.